The van der Waals surface area contributed by atoms with Crippen molar-refractivity contribution in [3.05, 3.63) is 36.0 Å². The monoisotopic (exact) mass is 314 g/mol. The minimum Gasteiger partial charge on any atom is -0.466 e. The molecule has 3 rings (SSSR count). The summed E-state index contributed by atoms with van der Waals surface area (Å²) in [6, 6.07) is 9.29. The molecule has 1 unspecified atom stereocenters. The lowest BCUT2D eigenvalue weighted by Crippen LogP contribution is -2.25. The minimum absolute atomic E-state index is 0.106. The average Bonchev–Trinajstić information content (AvgIpc) is 3.04. The van der Waals surface area contributed by atoms with Crippen LogP contribution in [0.25, 0.3) is 16.7 Å². The lowest BCUT2D eigenvalue weighted by molar-refractivity contribution is -0.156. The number of para-hydroxylation sites is 1. The van der Waals surface area contributed by atoms with Crippen LogP contribution in [0.1, 0.15) is 32.0 Å². The van der Waals surface area contributed by atoms with Gasteiger partial charge in [-0.15, -0.1) is 0 Å². The first-order chi connectivity index (χ1) is 11.2. The maximum atomic E-state index is 11.9. The maximum Gasteiger partial charge on any atom is 0.308 e. The Labute approximate surface area is 133 Å². The molecule has 23 heavy (non-hydrogen) atoms. The number of nitrogens with zero attached hydrogens (tertiary/aromatic N) is 2. The number of hydroxylamine groups is 2. The third-order valence-electron chi connectivity index (χ3n) is 3.81. The van der Waals surface area contributed by atoms with Gasteiger partial charge in [-0.1, -0.05) is 18.2 Å². The Hall–Kier alpha value is -2.56. The number of fused-ring (bicyclic) bond motifs is 3. The van der Waals surface area contributed by atoms with Crippen molar-refractivity contribution in [2.75, 3.05) is 13.2 Å². The van der Waals surface area contributed by atoms with Gasteiger partial charge in [0.15, 0.2) is 5.94 Å². The van der Waals surface area contributed by atoms with Crippen LogP contribution in [0.3, 0.4) is 0 Å². The molecule has 1 aromatic carbocycles. The molecule has 0 spiro atoms. The second-order valence-corrected chi connectivity index (χ2v) is 5.16. The van der Waals surface area contributed by atoms with Crippen LogP contribution in [0, 0.1) is 0 Å². The van der Waals surface area contributed by atoms with Crippen LogP contribution >= 0.6 is 0 Å². The molecule has 0 saturated heterocycles. The lowest BCUT2D eigenvalue weighted by atomic mass is 10.1. The van der Waals surface area contributed by atoms with E-state index in [1.54, 1.807) is 11.5 Å². The fraction of sp³-hybridized carbons (Fsp3) is 0.353. The third-order valence-corrected chi connectivity index (χ3v) is 3.81. The van der Waals surface area contributed by atoms with Gasteiger partial charge < -0.3 is 4.74 Å². The number of carbonyl (C=O) groups excluding carboxylic acids is 2. The van der Waals surface area contributed by atoms with Crippen molar-refractivity contribution in [2.45, 2.75) is 26.3 Å². The smallest absolute Gasteiger partial charge is 0.308 e. The Morgan fingerprint density at radius 3 is 2.74 bits per heavy atom. The zero-order chi connectivity index (χ0) is 16.4. The zero-order valence-electron chi connectivity index (χ0n) is 13.1. The maximum absolute atomic E-state index is 11.9. The molecule has 2 aromatic rings. The molecule has 1 aromatic heterocycles. The van der Waals surface area contributed by atoms with Gasteiger partial charge in [0.05, 0.1) is 30.8 Å². The molecule has 0 radical (unpaired) electrons. The van der Waals surface area contributed by atoms with E-state index < -0.39 is 6.04 Å². The summed E-state index contributed by atoms with van der Waals surface area (Å²) in [4.78, 5) is 29.1. The minimum atomic E-state index is -0.405. The van der Waals surface area contributed by atoms with E-state index in [0.717, 1.165) is 16.6 Å². The van der Waals surface area contributed by atoms with Crippen molar-refractivity contribution in [3.63, 3.8) is 0 Å². The summed E-state index contributed by atoms with van der Waals surface area (Å²) in [5.41, 5.74) is 1.71. The van der Waals surface area contributed by atoms with Crippen LogP contribution < -0.4 is 0 Å². The number of hydrogen-bond acceptors (Lipinski definition) is 5. The molecule has 0 fully saturated rings. The fourth-order valence-electron chi connectivity index (χ4n) is 2.97. The molecule has 6 nitrogen and oxygen atoms in total. The number of ether oxygens (including phenoxy) is 1. The molecule has 0 N–H and O–H groups in total. The molecule has 120 valence electrons. The van der Waals surface area contributed by atoms with Gasteiger partial charge in [0.2, 0.25) is 5.82 Å². The molecular formula is C17H18N2O4. The standard InChI is InChI=1S/C17H18N2O4/c1-3-22-17(21)10-15-14-9-12-7-5-6-8-13(12)18(14)16(11-20)19(15)23-4-2/h5-9,15H,3-4,10H2,1-2H3. The quantitative estimate of drug-likeness (QED) is 0.627. The molecule has 2 heterocycles. The third kappa shape index (κ3) is 2.52. The van der Waals surface area contributed by atoms with E-state index in [9.17, 15) is 9.59 Å². The predicted molar refractivity (Wildman–Crippen MR) is 84.8 cm³/mol. The van der Waals surface area contributed by atoms with Crippen molar-refractivity contribution in [1.82, 2.24) is 9.63 Å². The van der Waals surface area contributed by atoms with Gasteiger partial charge >= 0.3 is 5.97 Å². The molecule has 6 heteroatoms. The highest BCUT2D eigenvalue weighted by Crippen LogP contribution is 2.41. The highest BCUT2D eigenvalue weighted by atomic mass is 16.7. The summed E-state index contributed by atoms with van der Waals surface area (Å²) in [7, 11) is 0. The highest BCUT2D eigenvalue weighted by Gasteiger charge is 2.39. The van der Waals surface area contributed by atoms with E-state index in [2.05, 4.69) is 0 Å². The van der Waals surface area contributed by atoms with E-state index in [4.69, 9.17) is 9.57 Å². The van der Waals surface area contributed by atoms with Gasteiger partial charge in [-0.05, 0) is 26.0 Å². The van der Waals surface area contributed by atoms with Gasteiger partial charge in [-0.3, -0.25) is 14.2 Å². The van der Waals surface area contributed by atoms with Crippen LogP contribution in [0.5, 0.6) is 0 Å². The normalized spacial score (nSPS) is 16.5. The van der Waals surface area contributed by atoms with Gasteiger partial charge in [0, 0.05) is 5.39 Å². The first-order valence-electron chi connectivity index (χ1n) is 7.64. The average molecular weight is 314 g/mol. The summed E-state index contributed by atoms with van der Waals surface area (Å²) in [5.74, 6) is 1.88. The van der Waals surface area contributed by atoms with E-state index in [0.29, 0.717) is 13.2 Å². The number of benzene rings is 1. The Bertz CT molecular complexity index is 789. The first kappa shape index (κ1) is 15.3. The summed E-state index contributed by atoms with van der Waals surface area (Å²) < 4.78 is 6.84. The molecular weight excluding hydrogens is 296 g/mol. The molecule has 0 saturated carbocycles. The molecule has 0 aliphatic carbocycles. The molecule has 1 atom stereocenters. The van der Waals surface area contributed by atoms with Crippen molar-refractivity contribution in [3.8, 4) is 0 Å². The number of carbonyl (C=O) groups is 1. The second kappa shape index (κ2) is 6.28. The Kier molecular flexibility index (Phi) is 4.19. The second-order valence-electron chi connectivity index (χ2n) is 5.16. The topological polar surface area (TPSA) is 60.8 Å². The van der Waals surface area contributed by atoms with Gasteiger partial charge in [-0.25, -0.2) is 9.86 Å². The van der Waals surface area contributed by atoms with Crippen LogP contribution in [0.15, 0.2) is 30.3 Å². The summed E-state index contributed by atoms with van der Waals surface area (Å²) in [5, 5.41) is 2.46. The Balaban J connectivity index is 2.10. The highest BCUT2D eigenvalue weighted by molar-refractivity contribution is 5.91. The fourth-order valence-corrected chi connectivity index (χ4v) is 2.97. The SMILES string of the molecule is CCOC(=O)CC1c2cc3ccccc3n2C(=C=O)N1OCC. The number of aromatic nitrogens is 1. The van der Waals surface area contributed by atoms with Crippen molar-refractivity contribution < 1.29 is 19.2 Å². The van der Waals surface area contributed by atoms with Crippen molar-refractivity contribution >= 4 is 28.6 Å². The van der Waals surface area contributed by atoms with Crippen LogP contribution in [0.4, 0.5) is 0 Å². The zero-order valence-corrected chi connectivity index (χ0v) is 13.1. The van der Waals surface area contributed by atoms with E-state index >= 15 is 0 Å². The van der Waals surface area contributed by atoms with E-state index in [-0.39, 0.29) is 18.2 Å². The Morgan fingerprint density at radius 2 is 2.04 bits per heavy atom. The van der Waals surface area contributed by atoms with Gasteiger partial charge in [0.25, 0.3) is 0 Å². The number of hydrogen-bond donors (Lipinski definition) is 0. The summed E-state index contributed by atoms with van der Waals surface area (Å²) >= 11 is 0. The predicted octanol–water partition coefficient (Wildman–Crippen LogP) is 2.53. The molecule has 1 aliphatic heterocycles. The van der Waals surface area contributed by atoms with Crippen molar-refractivity contribution in [2.24, 2.45) is 0 Å². The largest absolute Gasteiger partial charge is 0.466 e. The van der Waals surface area contributed by atoms with E-state index in [1.807, 2.05) is 43.2 Å². The first-order valence-corrected chi connectivity index (χ1v) is 7.64. The summed E-state index contributed by atoms with van der Waals surface area (Å²) in [6.07, 6.45) is 0.106. The molecule has 0 bridgehead atoms. The Morgan fingerprint density at radius 1 is 1.26 bits per heavy atom. The molecule has 0 amide bonds. The van der Waals surface area contributed by atoms with E-state index in [1.165, 1.54) is 5.06 Å². The number of esters is 1. The van der Waals surface area contributed by atoms with Crippen LogP contribution in [0.2, 0.25) is 0 Å². The van der Waals surface area contributed by atoms with Gasteiger partial charge in [0.1, 0.15) is 6.04 Å². The number of rotatable bonds is 5. The molecule has 1 aliphatic rings. The lowest BCUT2D eigenvalue weighted by Gasteiger charge is -2.23. The van der Waals surface area contributed by atoms with Gasteiger partial charge in [-0.2, -0.15) is 0 Å². The van der Waals surface area contributed by atoms with Crippen LogP contribution in [-0.2, 0) is 19.2 Å². The van der Waals surface area contributed by atoms with Crippen molar-refractivity contribution in [1.29, 1.82) is 0 Å². The summed E-state index contributed by atoms with van der Waals surface area (Å²) in [6.45, 7) is 4.29. The van der Waals surface area contributed by atoms with Crippen LogP contribution in [-0.4, -0.2) is 34.8 Å².